The molecule has 108 valence electrons. The molecule has 0 heterocycles. The van der Waals surface area contributed by atoms with E-state index >= 15 is 0 Å². The summed E-state index contributed by atoms with van der Waals surface area (Å²) in [6, 6.07) is 15.1. The highest BCUT2D eigenvalue weighted by Crippen LogP contribution is 2.29. The Kier molecular flexibility index (Phi) is 5.25. The average Bonchev–Trinajstić information content (AvgIpc) is 2.52. The number of rotatable bonds is 4. The second kappa shape index (κ2) is 7.37. The highest BCUT2D eigenvalue weighted by Gasteiger charge is 2.10. The van der Waals surface area contributed by atoms with Gasteiger partial charge in [-0.25, -0.2) is 0 Å². The Hall–Kier alpha value is -2.44. The van der Waals surface area contributed by atoms with E-state index in [2.05, 4.69) is 11.8 Å². The molecule has 0 saturated heterocycles. The van der Waals surface area contributed by atoms with E-state index in [9.17, 15) is 5.11 Å². The van der Waals surface area contributed by atoms with Crippen molar-refractivity contribution in [2.45, 2.75) is 13.0 Å². The predicted molar refractivity (Wildman–Crippen MR) is 82.4 cm³/mol. The summed E-state index contributed by atoms with van der Waals surface area (Å²) in [7, 11) is 1.59. The van der Waals surface area contributed by atoms with Crippen LogP contribution in [0.3, 0.4) is 0 Å². The van der Waals surface area contributed by atoms with Crippen molar-refractivity contribution in [3.63, 3.8) is 0 Å². The molecular weight excluding hydrogens is 264 g/mol. The molecule has 0 fully saturated rings. The Morgan fingerprint density at radius 3 is 2.57 bits per heavy atom. The van der Waals surface area contributed by atoms with Gasteiger partial charge in [0.25, 0.3) is 0 Å². The number of benzene rings is 2. The van der Waals surface area contributed by atoms with E-state index in [0.717, 1.165) is 11.1 Å². The molecule has 2 aromatic carbocycles. The minimum Gasteiger partial charge on any atom is -0.497 e. The number of methoxy groups -OCH3 is 1. The van der Waals surface area contributed by atoms with Crippen molar-refractivity contribution in [3.8, 4) is 23.3 Å². The summed E-state index contributed by atoms with van der Waals surface area (Å²) in [5.74, 6) is 7.26. The second-order valence-corrected chi connectivity index (χ2v) is 4.54. The molecule has 0 aliphatic carbocycles. The lowest BCUT2D eigenvalue weighted by Crippen LogP contribution is -2.01. The Labute approximate surface area is 125 Å². The van der Waals surface area contributed by atoms with E-state index in [1.807, 2.05) is 30.3 Å². The maximum absolute atomic E-state index is 9.75. The van der Waals surface area contributed by atoms with Crippen LogP contribution in [0.2, 0.25) is 0 Å². The normalized spacial score (nSPS) is 11.2. The molecule has 0 spiro atoms. The van der Waals surface area contributed by atoms with Gasteiger partial charge in [0.15, 0.2) is 0 Å². The Morgan fingerprint density at radius 2 is 1.90 bits per heavy atom. The fourth-order valence-corrected chi connectivity index (χ4v) is 1.89. The number of hydrogen-bond acceptors (Lipinski definition) is 3. The topological polar surface area (TPSA) is 38.7 Å². The van der Waals surface area contributed by atoms with Gasteiger partial charge in [-0.2, -0.15) is 0 Å². The first-order valence-corrected chi connectivity index (χ1v) is 6.73. The molecule has 3 nitrogen and oxygen atoms in total. The van der Waals surface area contributed by atoms with E-state index < -0.39 is 6.10 Å². The van der Waals surface area contributed by atoms with E-state index in [1.54, 1.807) is 32.2 Å². The summed E-state index contributed by atoms with van der Waals surface area (Å²) in [5.41, 5.74) is 1.67. The Balaban J connectivity index is 2.07. The second-order valence-electron chi connectivity index (χ2n) is 4.54. The summed E-state index contributed by atoms with van der Waals surface area (Å²) in [6.07, 6.45) is -0.604. The zero-order chi connectivity index (χ0) is 15.1. The highest BCUT2D eigenvalue weighted by atomic mass is 16.5. The molecule has 0 bridgehead atoms. The third-order valence-corrected chi connectivity index (χ3v) is 2.98. The lowest BCUT2D eigenvalue weighted by atomic mass is 10.1. The molecule has 21 heavy (non-hydrogen) atoms. The zero-order valence-electron chi connectivity index (χ0n) is 12.2. The van der Waals surface area contributed by atoms with Crippen LogP contribution in [0.1, 0.15) is 24.2 Å². The van der Waals surface area contributed by atoms with Crippen LogP contribution in [-0.4, -0.2) is 18.8 Å². The van der Waals surface area contributed by atoms with Crippen molar-refractivity contribution in [1.29, 1.82) is 0 Å². The number of hydrogen-bond donors (Lipinski definition) is 1. The third kappa shape index (κ3) is 4.27. The van der Waals surface area contributed by atoms with E-state index in [1.165, 1.54) is 0 Å². The standard InChI is InChI=1S/C18H18O3/c1-14(19)17-11-10-16(20-2)13-18(17)21-12-6-9-15-7-4-3-5-8-15/h3-5,7-8,10-11,13-14,19H,12H2,1-2H3/t14-/m1/s1. The molecule has 0 aliphatic rings. The quantitative estimate of drug-likeness (QED) is 0.875. The van der Waals surface area contributed by atoms with Gasteiger partial charge in [-0.1, -0.05) is 30.0 Å². The van der Waals surface area contributed by atoms with E-state index in [4.69, 9.17) is 9.47 Å². The van der Waals surface area contributed by atoms with Crippen LogP contribution in [0.15, 0.2) is 48.5 Å². The smallest absolute Gasteiger partial charge is 0.149 e. The van der Waals surface area contributed by atoms with Crippen molar-refractivity contribution in [3.05, 3.63) is 59.7 Å². The van der Waals surface area contributed by atoms with Gasteiger partial charge in [0.2, 0.25) is 0 Å². The first kappa shape index (κ1) is 15.0. The molecule has 2 aromatic rings. The van der Waals surface area contributed by atoms with Crippen molar-refractivity contribution >= 4 is 0 Å². The van der Waals surface area contributed by atoms with Crippen LogP contribution < -0.4 is 9.47 Å². The number of ether oxygens (including phenoxy) is 2. The van der Waals surface area contributed by atoms with E-state index in [0.29, 0.717) is 11.5 Å². The molecule has 1 atom stereocenters. The molecule has 0 amide bonds. The summed E-state index contributed by atoms with van der Waals surface area (Å²) < 4.78 is 10.8. The molecule has 1 N–H and O–H groups in total. The zero-order valence-corrected chi connectivity index (χ0v) is 12.2. The molecular formula is C18H18O3. The summed E-state index contributed by atoms with van der Waals surface area (Å²) >= 11 is 0. The van der Waals surface area contributed by atoms with Crippen LogP contribution in [0.5, 0.6) is 11.5 Å². The van der Waals surface area contributed by atoms with Crippen molar-refractivity contribution in [1.82, 2.24) is 0 Å². The van der Waals surface area contributed by atoms with Gasteiger partial charge in [0.1, 0.15) is 18.1 Å². The maximum atomic E-state index is 9.75. The lowest BCUT2D eigenvalue weighted by molar-refractivity contribution is 0.193. The van der Waals surface area contributed by atoms with Gasteiger partial charge < -0.3 is 14.6 Å². The number of aliphatic hydroxyl groups excluding tert-OH is 1. The largest absolute Gasteiger partial charge is 0.497 e. The summed E-state index contributed by atoms with van der Waals surface area (Å²) in [5, 5.41) is 9.75. The van der Waals surface area contributed by atoms with Crippen molar-refractivity contribution in [2.75, 3.05) is 13.7 Å². The number of aliphatic hydroxyl groups is 1. The van der Waals surface area contributed by atoms with Gasteiger partial charge in [-0.05, 0) is 31.2 Å². The Bertz CT molecular complexity index is 637. The minimum absolute atomic E-state index is 0.252. The maximum Gasteiger partial charge on any atom is 0.149 e. The fourth-order valence-electron chi connectivity index (χ4n) is 1.89. The van der Waals surface area contributed by atoms with Crippen LogP contribution in [0.25, 0.3) is 0 Å². The van der Waals surface area contributed by atoms with Gasteiger partial charge in [-0.3, -0.25) is 0 Å². The van der Waals surface area contributed by atoms with Gasteiger partial charge in [0, 0.05) is 17.2 Å². The van der Waals surface area contributed by atoms with Crippen LogP contribution in [0.4, 0.5) is 0 Å². The molecule has 3 heteroatoms. The average molecular weight is 282 g/mol. The molecule has 0 aromatic heterocycles. The summed E-state index contributed by atoms with van der Waals surface area (Å²) in [6.45, 7) is 1.95. The predicted octanol–water partition coefficient (Wildman–Crippen LogP) is 3.18. The van der Waals surface area contributed by atoms with Crippen LogP contribution in [-0.2, 0) is 0 Å². The molecule has 0 radical (unpaired) electrons. The lowest BCUT2D eigenvalue weighted by Gasteiger charge is -2.13. The minimum atomic E-state index is -0.604. The molecule has 0 unspecified atom stereocenters. The van der Waals surface area contributed by atoms with Gasteiger partial charge >= 0.3 is 0 Å². The Morgan fingerprint density at radius 1 is 1.14 bits per heavy atom. The van der Waals surface area contributed by atoms with E-state index in [-0.39, 0.29) is 6.61 Å². The molecule has 0 saturated carbocycles. The monoisotopic (exact) mass is 282 g/mol. The fraction of sp³-hybridized carbons (Fsp3) is 0.222. The van der Waals surface area contributed by atoms with Crippen molar-refractivity contribution < 1.29 is 14.6 Å². The first-order valence-electron chi connectivity index (χ1n) is 6.73. The first-order chi connectivity index (χ1) is 10.2. The molecule has 0 aliphatic heterocycles. The summed E-state index contributed by atoms with van der Waals surface area (Å²) in [4.78, 5) is 0. The highest BCUT2D eigenvalue weighted by molar-refractivity contribution is 5.42. The third-order valence-electron chi connectivity index (χ3n) is 2.98. The molecule has 2 rings (SSSR count). The van der Waals surface area contributed by atoms with Gasteiger partial charge in [-0.15, -0.1) is 0 Å². The van der Waals surface area contributed by atoms with Crippen LogP contribution >= 0.6 is 0 Å². The van der Waals surface area contributed by atoms with Crippen molar-refractivity contribution in [2.24, 2.45) is 0 Å². The van der Waals surface area contributed by atoms with Gasteiger partial charge in [0.05, 0.1) is 13.2 Å². The van der Waals surface area contributed by atoms with Crippen LogP contribution in [0, 0.1) is 11.8 Å². The SMILES string of the molecule is COc1ccc([C@@H](C)O)c(OCC#Cc2ccccc2)c1.